The fourth-order valence-electron chi connectivity index (χ4n) is 4.61. The van der Waals surface area contributed by atoms with Crippen LogP contribution >= 0.6 is 0 Å². The van der Waals surface area contributed by atoms with E-state index < -0.39 is 6.10 Å². The van der Waals surface area contributed by atoms with Gasteiger partial charge in [0.2, 0.25) is 0 Å². The highest BCUT2D eigenvalue weighted by Crippen LogP contribution is 2.51. The van der Waals surface area contributed by atoms with Gasteiger partial charge in [-0.05, 0) is 49.2 Å². The standard InChI is InChI=1S/C20H21N5O/c26-19-18(25-13-17(23-24-25)16-7-3-4-10-22-16)14-5-1-2-6-15(14)20(19)8-11-21-12-9-20/h1-7,10,13,18-19,21,26H,8-9,11-12H2/t18-,19+/m1/s1. The van der Waals surface area contributed by atoms with Gasteiger partial charge in [-0.15, -0.1) is 5.10 Å². The first-order valence-electron chi connectivity index (χ1n) is 9.11. The van der Waals surface area contributed by atoms with E-state index in [0.29, 0.717) is 0 Å². The van der Waals surface area contributed by atoms with E-state index in [9.17, 15) is 5.11 Å². The summed E-state index contributed by atoms with van der Waals surface area (Å²) in [5.74, 6) is 0. The van der Waals surface area contributed by atoms with Gasteiger partial charge in [-0.2, -0.15) is 0 Å². The molecule has 2 aliphatic rings. The molecule has 5 rings (SSSR count). The molecule has 2 aromatic heterocycles. The molecule has 1 aromatic carbocycles. The fraction of sp³-hybridized carbons (Fsp3) is 0.350. The summed E-state index contributed by atoms with van der Waals surface area (Å²) in [7, 11) is 0. The lowest BCUT2D eigenvalue weighted by Crippen LogP contribution is -2.47. The lowest BCUT2D eigenvalue weighted by atomic mass is 9.72. The molecule has 0 bridgehead atoms. The predicted octanol–water partition coefficient (Wildman–Crippen LogP) is 1.93. The maximum absolute atomic E-state index is 11.4. The van der Waals surface area contributed by atoms with E-state index in [0.717, 1.165) is 42.9 Å². The highest BCUT2D eigenvalue weighted by atomic mass is 16.3. The van der Waals surface area contributed by atoms with Gasteiger partial charge in [0.1, 0.15) is 11.7 Å². The average molecular weight is 347 g/mol. The molecule has 0 radical (unpaired) electrons. The number of pyridine rings is 1. The first kappa shape index (κ1) is 15.7. The van der Waals surface area contributed by atoms with Crippen LogP contribution in [-0.2, 0) is 5.41 Å². The quantitative estimate of drug-likeness (QED) is 0.741. The third-order valence-corrected chi connectivity index (χ3v) is 5.90. The number of nitrogens with zero attached hydrogens (tertiary/aromatic N) is 4. The van der Waals surface area contributed by atoms with E-state index in [1.807, 2.05) is 35.1 Å². The molecule has 2 N–H and O–H groups in total. The summed E-state index contributed by atoms with van der Waals surface area (Å²) < 4.78 is 1.81. The number of hydrogen-bond donors (Lipinski definition) is 2. The second-order valence-corrected chi connectivity index (χ2v) is 7.18. The molecule has 1 fully saturated rings. The number of rotatable bonds is 2. The Morgan fingerprint density at radius 3 is 2.65 bits per heavy atom. The van der Waals surface area contributed by atoms with Gasteiger partial charge in [0.15, 0.2) is 0 Å². The van der Waals surface area contributed by atoms with Crippen molar-refractivity contribution >= 4 is 0 Å². The molecular formula is C20H21N5O. The van der Waals surface area contributed by atoms with Crippen LogP contribution in [-0.4, -0.2) is 44.3 Å². The van der Waals surface area contributed by atoms with E-state index in [1.54, 1.807) is 6.20 Å². The van der Waals surface area contributed by atoms with Crippen LogP contribution in [0.15, 0.2) is 54.9 Å². The Morgan fingerprint density at radius 1 is 1.04 bits per heavy atom. The third kappa shape index (κ3) is 2.22. The van der Waals surface area contributed by atoms with Crippen LogP contribution in [0.4, 0.5) is 0 Å². The largest absolute Gasteiger partial charge is 0.390 e. The molecular weight excluding hydrogens is 326 g/mol. The van der Waals surface area contributed by atoms with Gasteiger partial charge in [-0.25, -0.2) is 4.68 Å². The van der Waals surface area contributed by atoms with Crippen molar-refractivity contribution < 1.29 is 5.11 Å². The van der Waals surface area contributed by atoms with Crippen molar-refractivity contribution in [3.05, 3.63) is 66.0 Å². The first-order chi connectivity index (χ1) is 12.8. The minimum atomic E-state index is -0.514. The van der Waals surface area contributed by atoms with E-state index in [1.165, 1.54) is 5.56 Å². The zero-order chi connectivity index (χ0) is 17.6. The topological polar surface area (TPSA) is 75.9 Å². The van der Waals surface area contributed by atoms with Crippen molar-refractivity contribution in [3.63, 3.8) is 0 Å². The number of piperidine rings is 1. The lowest BCUT2D eigenvalue weighted by Gasteiger charge is -2.38. The smallest absolute Gasteiger partial charge is 0.131 e. The molecule has 1 spiro atoms. The number of benzene rings is 1. The van der Waals surface area contributed by atoms with Crippen LogP contribution in [0.25, 0.3) is 11.4 Å². The van der Waals surface area contributed by atoms with E-state index in [4.69, 9.17) is 0 Å². The molecule has 2 atom stereocenters. The molecule has 132 valence electrons. The van der Waals surface area contributed by atoms with Gasteiger partial charge in [0.25, 0.3) is 0 Å². The van der Waals surface area contributed by atoms with Gasteiger partial charge >= 0.3 is 0 Å². The molecule has 0 saturated carbocycles. The average Bonchev–Trinajstić information content (AvgIpc) is 3.27. The molecule has 0 amide bonds. The van der Waals surface area contributed by atoms with E-state index in [2.05, 4.69) is 38.8 Å². The summed E-state index contributed by atoms with van der Waals surface area (Å²) in [5, 5.41) is 23.5. The van der Waals surface area contributed by atoms with Crippen molar-refractivity contribution in [3.8, 4) is 11.4 Å². The number of aromatic nitrogens is 4. The highest BCUT2D eigenvalue weighted by Gasteiger charge is 2.52. The molecule has 26 heavy (non-hydrogen) atoms. The summed E-state index contributed by atoms with van der Waals surface area (Å²) in [6, 6.07) is 13.9. The Kier molecular flexibility index (Phi) is 3.62. The molecule has 0 unspecified atom stereocenters. The molecule has 3 heterocycles. The van der Waals surface area contributed by atoms with Crippen molar-refractivity contribution in [1.82, 2.24) is 25.3 Å². The van der Waals surface area contributed by atoms with Crippen LogP contribution in [0.2, 0.25) is 0 Å². The molecule has 1 saturated heterocycles. The van der Waals surface area contributed by atoms with Gasteiger partial charge < -0.3 is 10.4 Å². The number of hydrogen-bond acceptors (Lipinski definition) is 5. The van der Waals surface area contributed by atoms with Crippen LogP contribution in [0, 0.1) is 0 Å². The SMILES string of the molecule is O[C@H]1[C@H](n2cc(-c3ccccn3)nn2)c2ccccc2C12CCNCC2. The van der Waals surface area contributed by atoms with Gasteiger partial charge in [0.05, 0.1) is 18.0 Å². The zero-order valence-corrected chi connectivity index (χ0v) is 14.4. The Hall–Kier alpha value is -2.57. The third-order valence-electron chi connectivity index (χ3n) is 5.90. The molecule has 1 aliphatic carbocycles. The van der Waals surface area contributed by atoms with Gasteiger partial charge in [-0.3, -0.25) is 4.98 Å². The highest BCUT2D eigenvalue weighted by molar-refractivity contribution is 5.52. The summed E-state index contributed by atoms with van der Waals surface area (Å²) >= 11 is 0. The Bertz CT molecular complexity index is 917. The van der Waals surface area contributed by atoms with Crippen LogP contribution in [0.3, 0.4) is 0 Å². The van der Waals surface area contributed by atoms with Gasteiger partial charge in [-0.1, -0.05) is 35.5 Å². The van der Waals surface area contributed by atoms with Crippen LogP contribution in [0.5, 0.6) is 0 Å². The lowest BCUT2D eigenvalue weighted by molar-refractivity contribution is 0.0421. The second kappa shape index (κ2) is 6.00. The van der Waals surface area contributed by atoms with Gasteiger partial charge in [0, 0.05) is 11.6 Å². The first-order valence-corrected chi connectivity index (χ1v) is 9.11. The number of fused-ring (bicyclic) bond motifs is 2. The maximum Gasteiger partial charge on any atom is 0.131 e. The minimum Gasteiger partial charge on any atom is -0.390 e. The maximum atomic E-state index is 11.4. The molecule has 3 aromatic rings. The Labute approximate surface area is 151 Å². The zero-order valence-electron chi connectivity index (χ0n) is 14.4. The normalized spacial score (nSPS) is 23.9. The van der Waals surface area contributed by atoms with E-state index in [-0.39, 0.29) is 11.5 Å². The van der Waals surface area contributed by atoms with Crippen molar-refractivity contribution in [2.45, 2.75) is 30.4 Å². The second-order valence-electron chi connectivity index (χ2n) is 7.18. The van der Waals surface area contributed by atoms with Crippen molar-refractivity contribution in [2.24, 2.45) is 0 Å². The van der Waals surface area contributed by atoms with Crippen LogP contribution < -0.4 is 5.32 Å². The number of nitrogens with one attached hydrogen (secondary N) is 1. The predicted molar refractivity (Wildman–Crippen MR) is 97.6 cm³/mol. The number of aliphatic hydroxyl groups is 1. The Morgan fingerprint density at radius 2 is 1.85 bits per heavy atom. The molecule has 6 nitrogen and oxygen atoms in total. The fourth-order valence-corrected chi connectivity index (χ4v) is 4.61. The van der Waals surface area contributed by atoms with E-state index >= 15 is 0 Å². The molecule has 1 aliphatic heterocycles. The molecule has 6 heteroatoms. The summed E-state index contributed by atoms with van der Waals surface area (Å²) in [6.07, 6.45) is 5.00. The summed E-state index contributed by atoms with van der Waals surface area (Å²) in [6.45, 7) is 1.85. The minimum absolute atomic E-state index is 0.205. The van der Waals surface area contributed by atoms with Crippen molar-refractivity contribution in [2.75, 3.05) is 13.1 Å². The number of aliphatic hydroxyl groups excluding tert-OH is 1. The van der Waals surface area contributed by atoms with Crippen LogP contribution in [0.1, 0.15) is 30.0 Å². The summed E-state index contributed by atoms with van der Waals surface area (Å²) in [4.78, 5) is 4.35. The van der Waals surface area contributed by atoms with Crippen molar-refractivity contribution in [1.29, 1.82) is 0 Å². The monoisotopic (exact) mass is 347 g/mol. The summed E-state index contributed by atoms with van der Waals surface area (Å²) in [5.41, 5.74) is 3.72. The Balaban J connectivity index is 1.59.